The van der Waals surface area contributed by atoms with Gasteiger partial charge < -0.3 is 5.32 Å². The fourth-order valence-corrected chi connectivity index (χ4v) is 2.97. The quantitative estimate of drug-likeness (QED) is 0.909. The highest BCUT2D eigenvalue weighted by Gasteiger charge is 2.26. The number of nitrogens with one attached hydrogen (secondary N) is 1. The molecule has 2 nitrogen and oxygen atoms in total. The zero-order valence-corrected chi connectivity index (χ0v) is 11.3. The van der Waals surface area contributed by atoms with Gasteiger partial charge in [0.1, 0.15) is 0 Å². The van der Waals surface area contributed by atoms with Crippen LogP contribution in [0.2, 0.25) is 0 Å². The molecule has 1 aromatic heterocycles. The number of halogens is 3. The number of para-hydroxylation sites is 1. The van der Waals surface area contributed by atoms with Gasteiger partial charge in [-0.2, -0.15) is 13.2 Å². The SMILES string of the molecule is CC(CNCC(F)(F)F)Cc1nc2ccccc2s1. The highest BCUT2D eigenvalue weighted by molar-refractivity contribution is 7.18. The third kappa shape index (κ3) is 4.47. The number of hydrogen-bond acceptors (Lipinski definition) is 3. The topological polar surface area (TPSA) is 24.9 Å². The molecule has 0 spiro atoms. The van der Waals surface area contributed by atoms with Crippen molar-refractivity contribution in [2.24, 2.45) is 5.92 Å². The van der Waals surface area contributed by atoms with Gasteiger partial charge in [0.2, 0.25) is 0 Å². The van der Waals surface area contributed by atoms with Crippen LogP contribution in [0.3, 0.4) is 0 Å². The normalized spacial score (nSPS) is 13.9. The monoisotopic (exact) mass is 288 g/mol. The van der Waals surface area contributed by atoms with Crippen LogP contribution in [0.25, 0.3) is 10.2 Å². The molecule has 0 saturated heterocycles. The van der Waals surface area contributed by atoms with Crippen LogP contribution in [0.15, 0.2) is 24.3 Å². The Morgan fingerprint density at radius 1 is 1.32 bits per heavy atom. The van der Waals surface area contributed by atoms with Gasteiger partial charge in [-0.05, 0) is 24.6 Å². The summed E-state index contributed by atoms with van der Waals surface area (Å²) in [5.41, 5.74) is 0.956. The lowest BCUT2D eigenvalue weighted by molar-refractivity contribution is -0.125. The fourth-order valence-electron chi connectivity index (χ4n) is 1.84. The largest absolute Gasteiger partial charge is 0.401 e. The molecule has 0 aliphatic rings. The number of fused-ring (bicyclic) bond motifs is 1. The Balaban J connectivity index is 1.86. The van der Waals surface area contributed by atoms with E-state index in [0.29, 0.717) is 13.0 Å². The number of aromatic nitrogens is 1. The van der Waals surface area contributed by atoms with E-state index >= 15 is 0 Å². The zero-order valence-electron chi connectivity index (χ0n) is 10.5. The zero-order chi connectivity index (χ0) is 13.9. The second kappa shape index (κ2) is 5.88. The predicted octanol–water partition coefficient (Wildman–Crippen LogP) is 3.63. The molecule has 1 unspecified atom stereocenters. The van der Waals surface area contributed by atoms with Gasteiger partial charge in [0, 0.05) is 6.42 Å². The first-order valence-electron chi connectivity index (χ1n) is 6.06. The van der Waals surface area contributed by atoms with E-state index in [1.165, 1.54) is 0 Å². The van der Waals surface area contributed by atoms with Gasteiger partial charge in [-0.25, -0.2) is 4.98 Å². The minimum atomic E-state index is -4.14. The van der Waals surface area contributed by atoms with Crippen LogP contribution in [0, 0.1) is 5.92 Å². The summed E-state index contributed by atoms with van der Waals surface area (Å²) in [4.78, 5) is 4.48. The van der Waals surface area contributed by atoms with Gasteiger partial charge in [-0.3, -0.25) is 0 Å². The highest BCUT2D eigenvalue weighted by Crippen LogP contribution is 2.23. The molecule has 0 aliphatic carbocycles. The molecule has 104 valence electrons. The molecule has 1 aromatic carbocycles. The Kier molecular flexibility index (Phi) is 4.42. The molecule has 1 N–H and O–H groups in total. The molecule has 2 aromatic rings. The molecule has 0 fully saturated rings. The summed E-state index contributed by atoms with van der Waals surface area (Å²) >= 11 is 1.60. The van der Waals surface area contributed by atoms with Crippen molar-refractivity contribution < 1.29 is 13.2 Å². The molecule has 0 saturated carbocycles. The smallest absolute Gasteiger partial charge is 0.308 e. The minimum Gasteiger partial charge on any atom is -0.308 e. The van der Waals surface area contributed by atoms with Crippen LogP contribution in [-0.4, -0.2) is 24.2 Å². The van der Waals surface area contributed by atoms with Crippen molar-refractivity contribution in [2.75, 3.05) is 13.1 Å². The highest BCUT2D eigenvalue weighted by atomic mass is 32.1. The van der Waals surface area contributed by atoms with Crippen LogP contribution < -0.4 is 5.32 Å². The molecule has 19 heavy (non-hydrogen) atoms. The van der Waals surface area contributed by atoms with Crippen LogP contribution in [0.1, 0.15) is 11.9 Å². The van der Waals surface area contributed by atoms with Crippen molar-refractivity contribution in [1.82, 2.24) is 10.3 Å². The lowest BCUT2D eigenvalue weighted by atomic mass is 10.1. The van der Waals surface area contributed by atoms with E-state index in [1.54, 1.807) is 11.3 Å². The first-order valence-corrected chi connectivity index (χ1v) is 6.87. The third-order valence-electron chi connectivity index (χ3n) is 2.68. The van der Waals surface area contributed by atoms with Crippen molar-refractivity contribution in [2.45, 2.75) is 19.5 Å². The van der Waals surface area contributed by atoms with Crippen molar-refractivity contribution in [3.63, 3.8) is 0 Å². The predicted molar refractivity (Wildman–Crippen MR) is 71.4 cm³/mol. The minimum absolute atomic E-state index is 0.128. The molecule has 2 rings (SSSR count). The van der Waals surface area contributed by atoms with Gasteiger partial charge in [0.25, 0.3) is 0 Å². The van der Waals surface area contributed by atoms with E-state index in [0.717, 1.165) is 15.2 Å². The second-order valence-corrected chi connectivity index (χ2v) is 5.75. The summed E-state index contributed by atoms with van der Waals surface area (Å²) in [5.74, 6) is 0.128. The van der Waals surface area contributed by atoms with E-state index in [4.69, 9.17) is 0 Å². The Hall–Kier alpha value is -1.14. The molecule has 0 bridgehead atoms. The van der Waals surface area contributed by atoms with Crippen LogP contribution in [0.4, 0.5) is 13.2 Å². The molecule has 0 aliphatic heterocycles. The molecular formula is C13H15F3N2S. The molecule has 6 heteroatoms. The molecule has 1 atom stereocenters. The first-order chi connectivity index (χ1) is 8.94. The number of thiazole rings is 1. The summed E-state index contributed by atoms with van der Waals surface area (Å²) < 4.78 is 37.1. The Labute approximate surface area is 113 Å². The second-order valence-electron chi connectivity index (χ2n) is 4.63. The van der Waals surface area contributed by atoms with Crippen LogP contribution in [0.5, 0.6) is 0 Å². The van der Waals surface area contributed by atoms with Crippen molar-refractivity contribution >= 4 is 21.6 Å². The Bertz CT molecular complexity index is 503. The summed E-state index contributed by atoms with van der Waals surface area (Å²) in [5, 5.41) is 3.41. The van der Waals surface area contributed by atoms with Gasteiger partial charge in [0.15, 0.2) is 0 Å². The van der Waals surface area contributed by atoms with E-state index in [1.807, 2.05) is 31.2 Å². The van der Waals surface area contributed by atoms with E-state index in [-0.39, 0.29) is 5.92 Å². The summed E-state index contributed by atoms with van der Waals surface area (Å²) in [7, 11) is 0. The average molecular weight is 288 g/mol. The Morgan fingerprint density at radius 2 is 2.05 bits per heavy atom. The number of alkyl halides is 3. The first kappa shape index (κ1) is 14.3. The summed E-state index contributed by atoms with van der Waals surface area (Å²) in [6.45, 7) is 1.34. The maximum Gasteiger partial charge on any atom is 0.401 e. The molecule has 1 heterocycles. The number of nitrogens with zero attached hydrogens (tertiary/aromatic N) is 1. The Morgan fingerprint density at radius 3 is 2.74 bits per heavy atom. The van der Waals surface area contributed by atoms with Crippen molar-refractivity contribution in [3.8, 4) is 0 Å². The summed E-state index contributed by atoms with van der Waals surface area (Å²) in [6.07, 6.45) is -3.44. The maximum atomic E-state index is 12.0. The van der Waals surface area contributed by atoms with Gasteiger partial charge in [-0.15, -0.1) is 11.3 Å². The number of rotatable bonds is 5. The van der Waals surface area contributed by atoms with Gasteiger partial charge in [0.05, 0.1) is 21.8 Å². The molecule has 0 radical (unpaired) electrons. The number of benzene rings is 1. The van der Waals surface area contributed by atoms with E-state index in [9.17, 15) is 13.2 Å². The van der Waals surface area contributed by atoms with E-state index in [2.05, 4.69) is 10.3 Å². The third-order valence-corrected chi connectivity index (χ3v) is 3.74. The van der Waals surface area contributed by atoms with Crippen LogP contribution >= 0.6 is 11.3 Å². The van der Waals surface area contributed by atoms with Gasteiger partial charge >= 0.3 is 6.18 Å². The van der Waals surface area contributed by atoms with E-state index < -0.39 is 12.7 Å². The molecule has 0 amide bonds. The standard InChI is InChI=1S/C13H15F3N2S/c1-9(7-17-8-13(14,15)16)6-12-18-10-4-2-3-5-11(10)19-12/h2-5,9,17H,6-8H2,1H3. The molecular weight excluding hydrogens is 273 g/mol. The van der Waals surface area contributed by atoms with Gasteiger partial charge in [-0.1, -0.05) is 19.1 Å². The summed E-state index contributed by atoms with van der Waals surface area (Å²) in [6, 6.07) is 7.84. The lowest BCUT2D eigenvalue weighted by Gasteiger charge is -2.12. The van der Waals surface area contributed by atoms with Crippen molar-refractivity contribution in [1.29, 1.82) is 0 Å². The van der Waals surface area contributed by atoms with Crippen molar-refractivity contribution in [3.05, 3.63) is 29.3 Å². The maximum absolute atomic E-state index is 12.0. The fraction of sp³-hybridized carbons (Fsp3) is 0.462. The average Bonchev–Trinajstić information content (AvgIpc) is 2.68. The van der Waals surface area contributed by atoms with Crippen LogP contribution in [-0.2, 0) is 6.42 Å². The lowest BCUT2D eigenvalue weighted by Crippen LogP contribution is -2.32. The number of hydrogen-bond donors (Lipinski definition) is 1.